The molecule has 0 saturated heterocycles. The Kier molecular flexibility index (Phi) is 6.51. The summed E-state index contributed by atoms with van der Waals surface area (Å²) in [6.07, 6.45) is 2.22. The highest BCUT2D eigenvalue weighted by molar-refractivity contribution is 5.93. The minimum absolute atomic E-state index is 0.189. The maximum absolute atomic E-state index is 12.9. The molecule has 2 aromatic carbocycles. The highest BCUT2D eigenvalue weighted by Gasteiger charge is 2.23. The van der Waals surface area contributed by atoms with E-state index in [1.807, 2.05) is 30.5 Å². The number of amides is 3. The van der Waals surface area contributed by atoms with E-state index < -0.39 is 11.9 Å². The third kappa shape index (κ3) is 5.05. The zero-order chi connectivity index (χ0) is 21.7. The van der Waals surface area contributed by atoms with Gasteiger partial charge in [0.2, 0.25) is 17.7 Å². The first-order valence-corrected chi connectivity index (χ1v) is 9.87. The van der Waals surface area contributed by atoms with Gasteiger partial charge in [0.05, 0.1) is 0 Å². The van der Waals surface area contributed by atoms with Crippen LogP contribution in [0.15, 0.2) is 54.7 Å². The number of para-hydroxylation sites is 1. The lowest BCUT2D eigenvalue weighted by Gasteiger charge is -2.20. The maximum Gasteiger partial charge on any atom is 0.248 e. The van der Waals surface area contributed by atoms with Crippen molar-refractivity contribution >= 4 is 28.6 Å². The summed E-state index contributed by atoms with van der Waals surface area (Å²) in [5, 5.41) is 6.72. The molecule has 0 aliphatic heterocycles. The number of aromatic amines is 1. The fourth-order valence-electron chi connectivity index (χ4n) is 3.22. The number of carbonyl (C=O) groups excluding carboxylic acids is 3. The van der Waals surface area contributed by atoms with Crippen molar-refractivity contribution in [3.05, 3.63) is 71.4 Å². The van der Waals surface area contributed by atoms with Crippen molar-refractivity contribution in [3.63, 3.8) is 0 Å². The summed E-state index contributed by atoms with van der Waals surface area (Å²) >= 11 is 0. The highest BCUT2D eigenvalue weighted by atomic mass is 16.2. The quantitative estimate of drug-likeness (QED) is 0.460. The second-order valence-electron chi connectivity index (χ2n) is 7.56. The average Bonchev–Trinajstić information content (AvgIpc) is 3.14. The van der Waals surface area contributed by atoms with Crippen LogP contribution in [-0.4, -0.2) is 28.7 Å². The molecule has 1 atom stereocenters. The summed E-state index contributed by atoms with van der Waals surface area (Å²) in [6.45, 7) is 3.79. The number of fused-ring (bicyclic) bond motifs is 1. The molecule has 1 aromatic heterocycles. The molecule has 7 nitrogen and oxygen atoms in total. The van der Waals surface area contributed by atoms with E-state index in [2.05, 4.69) is 15.6 Å². The van der Waals surface area contributed by atoms with E-state index in [0.29, 0.717) is 12.0 Å². The average molecular weight is 406 g/mol. The molecule has 0 radical (unpaired) electrons. The van der Waals surface area contributed by atoms with E-state index in [0.717, 1.165) is 22.0 Å². The molecule has 30 heavy (non-hydrogen) atoms. The van der Waals surface area contributed by atoms with Crippen molar-refractivity contribution in [1.29, 1.82) is 0 Å². The Hall–Kier alpha value is -3.61. The third-order valence-corrected chi connectivity index (χ3v) is 4.93. The maximum atomic E-state index is 12.9. The molecule has 0 spiro atoms. The van der Waals surface area contributed by atoms with Crippen LogP contribution < -0.4 is 16.4 Å². The molecule has 3 rings (SSSR count). The molecule has 1 unspecified atom stereocenters. The number of benzene rings is 2. The molecule has 0 bridgehead atoms. The molecular weight excluding hydrogens is 380 g/mol. The predicted octanol–water partition coefficient (Wildman–Crippen LogP) is 2.27. The standard InChI is InChI=1S/C23H26N4O3/c1-14(2)22(29)27-20(11-17-13-25-19-9-4-3-8-18(17)19)23(30)26-12-15-6-5-7-16(10-15)21(24)28/h3-10,13-14,20,25H,11-12H2,1-2H3,(H2,24,28)(H,26,30)(H,27,29). The molecule has 0 aliphatic carbocycles. The Balaban J connectivity index is 1.75. The fourth-order valence-corrected chi connectivity index (χ4v) is 3.22. The van der Waals surface area contributed by atoms with Gasteiger partial charge < -0.3 is 21.4 Å². The van der Waals surface area contributed by atoms with Crippen molar-refractivity contribution in [2.45, 2.75) is 32.9 Å². The Morgan fingerprint density at radius 2 is 1.80 bits per heavy atom. The molecule has 0 fully saturated rings. The molecule has 156 valence electrons. The van der Waals surface area contributed by atoms with Gasteiger partial charge in [-0.2, -0.15) is 0 Å². The van der Waals surface area contributed by atoms with Crippen molar-refractivity contribution < 1.29 is 14.4 Å². The number of aromatic nitrogens is 1. The van der Waals surface area contributed by atoms with E-state index in [1.54, 1.807) is 38.1 Å². The number of nitrogens with two attached hydrogens (primary N) is 1. The smallest absolute Gasteiger partial charge is 0.248 e. The summed E-state index contributed by atoms with van der Waals surface area (Å²) in [5.41, 5.74) is 8.37. The summed E-state index contributed by atoms with van der Waals surface area (Å²) in [7, 11) is 0. The molecule has 3 aromatic rings. The van der Waals surface area contributed by atoms with Crippen LogP contribution in [0, 0.1) is 5.92 Å². The fraction of sp³-hybridized carbons (Fsp3) is 0.261. The van der Waals surface area contributed by atoms with E-state index in [-0.39, 0.29) is 24.3 Å². The van der Waals surface area contributed by atoms with Crippen LogP contribution >= 0.6 is 0 Å². The zero-order valence-corrected chi connectivity index (χ0v) is 17.1. The van der Waals surface area contributed by atoms with Crippen LogP contribution in [0.5, 0.6) is 0 Å². The topological polar surface area (TPSA) is 117 Å². The van der Waals surface area contributed by atoms with Crippen LogP contribution in [0.2, 0.25) is 0 Å². The summed E-state index contributed by atoms with van der Waals surface area (Å²) in [5.74, 6) is -1.25. The molecule has 0 saturated carbocycles. The van der Waals surface area contributed by atoms with Crippen LogP contribution in [0.4, 0.5) is 0 Å². The molecule has 3 amide bonds. The Bertz CT molecular complexity index is 1070. The summed E-state index contributed by atoms with van der Waals surface area (Å²) in [4.78, 5) is 39.8. The lowest BCUT2D eigenvalue weighted by atomic mass is 10.0. The first-order chi connectivity index (χ1) is 14.3. The van der Waals surface area contributed by atoms with E-state index in [4.69, 9.17) is 5.73 Å². The van der Waals surface area contributed by atoms with Gasteiger partial charge in [0.25, 0.3) is 0 Å². The van der Waals surface area contributed by atoms with Gasteiger partial charge >= 0.3 is 0 Å². The van der Waals surface area contributed by atoms with Crippen molar-refractivity contribution in [3.8, 4) is 0 Å². The number of hydrogen-bond donors (Lipinski definition) is 4. The van der Waals surface area contributed by atoms with Crippen molar-refractivity contribution in [1.82, 2.24) is 15.6 Å². The van der Waals surface area contributed by atoms with Gasteiger partial charge in [0, 0.05) is 41.5 Å². The minimum Gasteiger partial charge on any atom is -0.366 e. The van der Waals surface area contributed by atoms with Gasteiger partial charge in [-0.1, -0.05) is 44.2 Å². The first kappa shape index (κ1) is 21.1. The summed E-state index contributed by atoms with van der Waals surface area (Å²) < 4.78 is 0. The van der Waals surface area contributed by atoms with E-state index in [1.165, 1.54) is 0 Å². The van der Waals surface area contributed by atoms with Gasteiger partial charge in [-0.15, -0.1) is 0 Å². The number of H-pyrrole nitrogens is 1. The molecule has 5 N–H and O–H groups in total. The number of carbonyl (C=O) groups is 3. The van der Waals surface area contributed by atoms with Gasteiger partial charge in [-0.3, -0.25) is 14.4 Å². The minimum atomic E-state index is -0.724. The Morgan fingerprint density at radius 1 is 1.03 bits per heavy atom. The SMILES string of the molecule is CC(C)C(=O)NC(Cc1c[nH]c2ccccc12)C(=O)NCc1cccc(C(N)=O)c1. The number of nitrogens with one attached hydrogen (secondary N) is 3. The predicted molar refractivity (Wildman–Crippen MR) is 116 cm³/mol. The largest absolute Gasteiger partial charge is 0.366 e. The van der Waals surface area contributed by atoms with Gasteiger partial charge in [-0.05, 0) is 29.3 Å². The molecular formula is C23H26N4O3. The highest BCUT2D eigenvalue weighted by Crippen LogP contribution is 2.19. The summed E-state index contributed by atoms with van der Waals surface area (Å²) in [6, 6.07) is 13.9. The van der Waals surface area contributed by atoms with Gasteiger partial charge in [0.1, 0.15) is 6.04 Å². The number of primary amides is 1. The van der Waals surface area contributed by atoms with E-state index >= 15 is 0 Å². The molecule has 0 aliphatic rings. The van der Waals surface area contributed by atoms with Crippen molar-refractivity contribution in [2.24, 2.45) is 11.7 Å². The Morgan fingerprint density at radius 3 is 2.53 bits per heavy atom. The van der Waals surface area contributed by atoms with Crippen LogP contribution in [0.1, 0.15) is 35.3 Å². The normalized spacial score (nSPS) is 12.0. The molecule has 7 heteroatoms. The van der Waals surface area contributed by atoms with Crippen LogP contribution in [0.3, 0.4) is 0 Å². The lowest BCUT2D eigenvalue weighted by Crippen LogP contribution is -2.48. The van der Waals surface area contributed by atoms with Gasteiger partial charge in [-0.25, -0.2) is 0 Å². The third-order valence-electron chi connectivity index (χ3n) is 4.93. The van der Waals surface area contributed by atoms with Crippen molar-refractivity contribution in [2.75, 3.05) is 0 Å². The number of rotatable bonds is 8. The van der Waals surface area contributed by atoms with Gasteiger partial charge in [0.15, 0.2) is 0 Å². The molecule has 1 heterocycles. The number of hydrogen-bond acceptors (Lipinski definition) is 3. The zero-order valence-electron chi connectivity index (χ0n) is 17.1. The second kappa shape index (κ2) is 9.26. The van der Waals surface area contributed by atoms with Crippen LogP contribution in [-0.2, 0) is 22.6 Å². The Labute approximate surface area is 175 Å². The first-order valence-electron chi connectivity index (χ1n) is 9.87. The van der Waals surface area contributed by atoms with Crippen LogP contribution in [0.25, 0.3) is 10.9 Å². The second-order valence-corrected chi connectivity index (χ2v) is 7.56. The van der Waals surface area contributed by atoms with E-state index in [9.17, 15) is 14.4 Å². The monoisotopic (exact) mass is 406 g/mol. The lowest BCUT2D eigenvalue weighted by molar-refractivity contribution is -0.130.